The number of ether oxygens (including phenoxy) is 3. The number of alkyl halides is 2. The zero-order chi connectivity index (χ0) is 17.7. The lowest BCUT2D eigenvalue weighted by Gasteiger charge is -2.22. The van der Waals surface area contributed by atoms with Gasteiger partial charge in [-0.15, -0.1) is 0 Å². The van der Waals surface area contributed by atoms with E-state index in [4.69, 9.17) is 14.6 Å². The van der Waals surface area contributed by atoms with Gasteiger partial charge in [-0.05, 0) is 19.1 Å². The summed E-state index contributed by atoms with van der Waals surface area (Å²) in [5.41, 5.74) is 0.0101. The number of benzene rings is 1. The van der Waals surface area contributed by atoms with E-state index in [2.05, 4.69) is 4.74 Å². The third kappa shape index (κ3) is 4.21. The third-order valence-corrected chi connectivity index (χ3v) is 3.17. The molecule has 0 heterocycles. The topological polar surface area (TPSA) is 85.3 Å². The zero-order valence-corrected chi connectivity index (χ0v) is 13.0. The molecule has 0 aliphatic carbocycles. The molecule has 0 spiro atoms. The minimum absolute atomic E-state index is 0.0101. The Morgan fingerprint density at radius 3 is 2.00 bits per heavy atom. The van der Waals surface area contributed by atoms with E-state index in [1.807, 2.05) is 0 Å². The maximum absolute atomic E-state index is 12.5. The standard InChI is InChI=1S/C14H17F2NO6/c1-7(13(19)20)17(2)12(18)8-5-9(21-3)11(23-14(15)16)10(6-8)22-4/h5-7,14H,1-4H3,(H,19,20). The summed E-state index contributed by atoms with van der Waals surface area (Å²) in [7, 11) is 3.74. The number of likely N-dealkylation sites (N-methyl/N-ethyl adjacent to an activating group) is 1. The molecule has 1 N–H and O–H groups in total. The minimum Gasteiger partial charge on any atom is -0.493 e. The molecule has 23 heavy (non-hydrogen) atoms. The number of aliphatic carboxylic acids is 1. The van der Waals surface area contributed by atoms with Gasteiger partial charge >= 0.3 is 12.6 Å². The highest BCUT2D eigenvalue weighted by Gasteiger charge is 2.26. The van der Waals surface area contributed by atoms with Crippen molar-refractivity contribution in [3.8, 4) is 17.2 Å². The molecule has 1 atom stereocenters. The third-order valence-electron chi connectivity index (χ3n) is 3.17. The molecule has 1 unspecified atom stereocenters. The summed E-state index contributed by atoms with van der Waals surface area (Å²) < 4.78 is 39.1. The Labute approximate surface area is 131 Å². The van der Waals surface area contributed by atoms with E-state index in [1.54, 1.807) is 0 Å². The van der Waals surface area contributed by atoms with Gasteiger partial charge < -0.3 is 24.2 Å². The van der Waals surface area contributed by atoms with Gasteiger partial charge in [0, 0.05) is 12.6 Å². The number of methoxy groups -OCH3 is 2. The molecule has 0 saturated carbocycles. The first-order chi connectivity index (χ1) is 10.7. The van der Waals surface area contributed by atoms with Crippen LogP contribution in [0.25, 0.3) is 0 Å². The van der Waals surface area contributed by atoms with E-state index in [0.29, 0.717) is 0 Å². The highest BCUT2D eigenvalue weighted by atomic mass is 19.3. The van der Waals surface area contributed by atoms with Gasteiger partial charge in [0.15, 0.2) is 11.5 Å². The van der Waals surface area contributed by atoms with Crippen molar-refractivity contribution < 1.29 is 37.7 Å². The number of rotatable bonds is 7. The first-order valence-corrected chi connectivity index (χ1v) is 6.43. The summed E-state index contributed by atoms with van der Waals surface area (Å²) in [6, 6.07) is 1.28. The lowest BCUT2D eigenvalue weighted by atomic mass is 10.1. The van der Waals surface area contributed by atoms with Gasteiger partial charge in [-0.3, -0.25) is 4.79 Å². The molecular weight excluding hydrogens is 316 g/mol. The lowest BCUT2D eigenvalue weighted by molar-refractivity contribution is -0.141. The van der Waals surface area contributed by atoms with Crippen LogP contribution in [0.5, 0.6) is 17.2 Å². The van der Waals surface area contributed by atoms with E-state index in [-0.39, 0.29) is 22.8 Å². The summed E-state index contributed by atoms with van der Waals surface area (Å²) in [4.78, 5) is 24.3. The summed E-state index contributed by atoms with van der Waals surface area (Å²) in [6.07, 6.45) is 0. The smallest absolute Gasteiger partial charge is 0.387 e. The monoisotopic (exact) mass is 333 g/mol. The van der Waals surface area contributed by atoms with E-state index >= 15 is 0 Å². The Morgan fingerprint density at radius 2 is 1.65 bits per heavy atom. The van der Waals surface area contributed by atoms with Crippen LogP contribution in [0.4, 0.5) is 8.78 Å². The van der Waals surface area contributed by atoms with Crippen LogP contribution in [-0.2, 0) is 4.79 Å². The molecule has 7 nitrogen and oxygen atoms in total. The molecule has 0 aliphatic heterocycles. The van der Waals surface area contributed by atoms with Gasteiger partial charge in [-0.2, -0.15) is 8.78 Å². The Balaban J connectivity index is 3.28. The molecule has 0 aromatic heterocycles. The number of carbonyl (C=O) groups is 2. The Kier molecular flexibility index (Phi) is 6.11. The van der Waals surface area contributed by atoms with E-state index in [1.165, 1.54) is 40.3 Å². The number of carboxylic acid groups (broad SMARTS) is 1. The Bertz CT molecular complexity index is 568. The molecule has 0 fully saturated rings. The molecule has 1 rings (SSSR count). The minimum atomic E-state index is -3.10. The molecule has 1 amide bonds. The highest BCUT2D eigenvalue weighted by molar-refractivity contribution is 5.97. The molecule has 128 valence electrons. The van der Waals surface area contributed by atoms with Crippen molar-refractivity contribution in [3.05, 3.63) is 17.7 Å². The molecule has 1 aromatic rings. The van der Waals surface area contributed by atoms with Crippen LogP contribution in [0.15, 0.2) is 12.1 Å². The fourth-order valence-electron chi connectivity index (χ4n) is 1.75. The zero-order valence-electron chi connectivity index (χ0n) is 13.0. The van der Waals surface area contributed by atoms with Crippen molar-refractivity contribution in [2.75, 3.05) is 21.3 Å². The molecule has 0 aliphatic rings. The summed E-state index contributed by atoms with van der Waals surface area (Å²) in [5, 5.41) is 8.95. The van der Waals surface area contributed by atoms with Gasteiger partial charge in [-0.1, -0.05) is 0 Å². The van der Waals surface area contributed by atoms with Crippen LogP contribution >= 0.6 is 0 Å². The fourth-order valence-corrected chi connectivity index (χ4v) is 1.75. The quantitative estimate of drug-likeness (QED) is 0.820. The second-order valence-electron chi connectivity index (χ2n) is 4.52. The van der Waals surface area contributed by atoms with Gasteiger partial charge in [0.05, 0.1) is 14.2 Å². The van der Waals surface area contributed by atoms with Crippen LogP contribution < -0.4 is 14.2 Å². The first kappa shape index (κ1) is 18.5. The molecule has 9 heteroatoms. The van der Waals surface area contributed by atoms with Crippen molar-refractivity contribution in [1.29, 1.82) is 0 Å². The predicted molar refractivity (Wildman–Crippen MR) is 75.4 cm³/mol. The van der Waals surface area contributed by atoms with Crippen LogP contribution in [0.2, 0.25) is 0 Å². The molecule has 0 bridgehead atoms. The normalized spacial score (nSPS) is 11.8. The van der Waals surface area contributed by atoms with Crippen molar-refractivity contribution in [1.82, 2.24) is 4.90 Å². The highest BCUT2D eigenvalue weighted by Crippen LogP contribution is 2.39. The summed E-state index contributed by atoms with van der Waals surface area (Å²) in [5.74, 6) is -2.44. The second kappa shape index (κ2) is 7.61. The average Bonchev–Trinajstić information content (AvgIpc) is 2.52. The van der Waals surface area contributed by atoms with Gasteiger partial charge in [-0.25, -0.2) is 4.79 Å². The predicted octanol–water partition coefficient (Wildman–Crippen LogP) is 1.85. The Morgan fingerprint density at radius 1 is 1.17 bits per heavy atom. The summed E-state index contributed by atoms with van der Waals surface area (Å²) >= 11 is 0. The average molecular weight is 333 g/mol. The van der Waals surface area contributed by atoms with E-state index in [0.717, 1.165) is 4.90 Å². The van der Waals surface area contributed by atoms with Gasteiger partial charge in [0.2, 0.25) is 5.75 Å². The Hall–Kier alpha value is -2.58. The van der Waals surface area contributed by atoms with Crippen LogP contribution in [0.3, 0.4) is 0 Å². The number of amides is 1. The van der Waals surface area contributed by atoms with Gasteiger partial charge in [0.1, 0.15) is 6.04 Å². The largest absolute Gasteiger partial charge is 0.493 e. The number of halogens is 2. The van der Waals surface area contributed by atoms with Crippen molar-refractivity contribution >= 4 is 11.9 Å². The number of hydrogen-bond acceptors (Lipinski definition) is 5. The first-order valence-electron chi connectivity index (χ1n) is 6.43. The van der Waals surface area contributed by atoms with E-state index in [9.17, 15) is 18.4 Å². The van der Waals surface area contributed by atoms with Crippen LogP contribution in [-0.4, -0.2) is 55.8 Å². The maximum Gasteiger partial charge on any atom is 0.387 e. The summed E-state index contributed by atoms with van der Waals surface area (Å²) in [6.45, 7) is -1.77. The number of carboxylic acids is 1. The number of nitrogens with zero attached hydrogens (tertiary/aromatic N) is 1. The van der Waals surface area contributed by atoms with Gasteiger partial charge in [0.25, 0.3) is 5.91 Å². The fraction of sp³-hybridized carbons (Fsp3) is 0.429. The van der Waals surface area contributed by atoms with Crippen molar-refractivity contribution in [2.24, 2.45) is 0 Å². The van der Waals surface area contributed by atoms with Crippen LogP contribution in [0, 0.1) is 0 Å². The number of hydrogen-bond donors (Lipinski definition) is 1. The second-order valence-corrected chi connectivity index (χ2v) is 4.52. The molecule has 1 aromatic carbocycles. The molecule has 0 saturated heterocycles. The maximum atomic E-state index is 12.5. The SMILES string of the molecule is COc1cc(C(=O)N(C)C(C)C(=O)O)cc(OC)c1OC(F)F. The lowest BCUT2D eigenvalue weighted by Crippen LogP contribution is -2.40. The van der Waals surface area contributed by atoms with Crippen LogP contribution in [0.1, 0.15) is 17.3 Å². The van der Waals surface area contributed by atoms with Crippen molar-refractivity contribution in [3.63, 3.8) is 0 Å². The van der Waals surface area contributed by atoms with E-state index < -0.39 is 24.5 Å². The van der Waals surface area contributed by atoms with Crippen molar-refractivity contribution in [2.45, 2.75) is 19.6 Å². The molecule has 0 radical (unpaired) electrons. The molecular formula is C14H17F2NO6. The number of carbonyl (C=O) groups excluding carboxylic acids is 1.